The Morgan fingerprint density at radius 1 is 0.803 bits per heavy atom. The third kappa shape index (κ3) is 15.4. The molecule has 2 aliphatic rings. The van der Waals surface area contributed by atoms with Crippen LogP contribution >= 0.6 is 0 Å². The first kappa shape index (κ1) is 47.9. The summed E-state index contributed by atoms with van der Waals surface area (Å²) in [7, 11) is 1.49. The van der Waals surface area contributed by atoms with Crippen LogP contribution in [0.3, 0.4) is 0 Å². The minimum atomic E-state index is -1.07. The van der Waals surface area contributed by atoms with E-state index in [1.54, 1.807) is 81.2 Å². The Morgan fingerprint density at radius 2 is 1.46 bits per heavy atom. The fourth-order valence-corrected chi connectivity index (χ4v) is 6.64. The first-order valence-electron chi connectivity index (χ1n) is 21.0. The van der Waals surface area contributed by atoms with Gasteiger partial charge in [0.15, 0.2) is 0 Å². The zero-order chi connectivity index (χ0) is 44.8. The van der Waals surface area contributed by atoms with Crippen molar-refractivity contribution >= 4 is 35.6 Å². The minimum Gasteiger partial charge on any atom is -0.499 e. The number of rotatable bonds is 17. The molecular formula is C46H65N5O10. The highest BCUT2D eigenvalue weighted by molar-refractivity contribution is 5.99. The SMILES string of the molecule is COC1=CC(C(=O)Nc2ccc(C)cc2OCCCCNC(=O)C2CCN(C(=O)OC(C)(C)C)CC2)C=CC1(C)NC(=O)c1ccccc1OCCCNC(=O)OC(C)(C)C. The maximum atomic E-state index is 13.6. The molecule has 4 N–H and O–H groups in total. The van der Waals surface area contributed by atoms with E-state index in [0.717, 1.165) is 5.56 Å². The molecule has 334 valence electrons. The van der Waals surface area contributed by atoms with Crippen LogP contribution in [0.5, 0.6) is 11.5 Å². The van der Waals surface area contributed by atoms with Crippen LogP contribution < -0.4 is 30.7 Å². The number of carbonyl (C=O) groups excluding carboxylic acids is 5. The van der Waals surface area contributed by atoms with Gasteiger partial charge in [-0.25, -0.2) is 9.59 Å². The van der Waals surface area contributed by atoms with Crippen LogP contribution in [0.2, 0.25) is 0 Å². The summed E-state index contributed by atoms with van der Waals surface area (Å²) in [4.78, 5) is 66.0. The van der Waals surface area contributed by atoms with Gasteiger partial charge in [-0.1, -0.05) is 30.4 Å². The molecule has 15 heteroatoms. The Kier molecular flexibility index (Phi) is 17.0. The summed E-state index contributed by atoms with van der Waals surface area (Å²) in [6.07, 6.45) is 7.33. The average Bonchev–Trinajstić information content (AvgIpc) is 3.18. The maximum Gasteiger partial charge on any atom is 0.410 e. The van der Waals surface area contributed by atoms with Crippen molar-refractivity contribution in [2.75, 3.05) is 51.8 Å². The smallest absolute Gasteiger partial charge is 0.410 e. The van der Waals surface area contributed by atoms with Crippen LogP contribution in [0.1, 0.15) is 96.5 Å². The molecule has 1 aliphatic heterocycles. The van der Waals surface area contributed by atoms with E-state index in [4.69, 9.17) is 23.7 Å². The van der Waals surface area contributed by atoms with Crippen molar-refractivity contribution in [3.63, 3.8) is 0 Å². The van der Waals surface area contributed by atoms with Gasteiger partial charge in [-0.2, -0.15) is 0 Å². The van der Waals surface area contributed by atoms with Crippen molar-refractivity contribution < 1.29 is 47.7 Å². The number of para-hydroxylation sites is 1. The van der Waals surface area contributed by atoms with Gasteiger partial charge >= 0.3 is 12.2 Å². The van der Waals surface area contributed by atoms with E-state index in [0.29, 0.717) is 93.4 Å². The molecule has 1 aliphatic carbocycles. The number of alkyl carbamates (subject to hydrolysis) is 1. The first-order chi connectivity index (χ1) is 28.8. The second-order valence-corrected chi connectivity index (χ2v) is 17.5. The number of aryl methyl sites for hydroxylation is 1. The fourth-order valence-electron chi connectivity index (χ4n) is 6.64. The standard InChI is InChI=1S/C46H65N5O10/c1-31-17-18-35(37(29-31)59-27-13-12-23-47-39(52)32-20-25-51(26-21-32)43(56)61-45(5,6)7)49-40(53)33-19-22-46(8,38(30-33)57-9)50-41(54)34-15-10-11-16-36(34)58-28-14-24-48-42(55)60-44(2,3)4/h10-11,15-19,22,29-30,32-33H,12-14,20-21,23-28H2,1-9H3,(H,47,52)(H,48,55)(H,49,53)(H,50,54). The van der Waals surface area contributed by atoms with Crippen molar-refractivity contribution in [3.8, 4) is 11.5 Å². The molecule has 4 rings (SSSR count). The average molecular weight is 848 g/mol. The molecule has 2 aromatic carbocycles. The molecule has 15 nitrogen and oxygen atoms in total. The van der Waals surface area contributed by atoms with E-state index in [2.05, 4.69) is 21.3 Å². The molecule has 0 saturated carbocycles. The summed E-state index contributed by atoms with van der Waals surface area (Å²) in [5.74, 6) is -0.267. The van der Waals surface area contributed by atoms with E-state index in [-0.39, 0.29) is 30.4 Å². The number of hydrogen-bond donors (Lipinski definition) is 4. The number of nitrogens with one attached hydrogen (secondary N) is 4. The van der Waals surface area contributed by atoms with E-state index in [1.807, 2.05) is 39.8 Å². The number of piperidine rings is 1. The van der Waals surface area contributed by atoms with E-state index in [1.165, 1.54) is 7.11 Å². The summed E-state index contributed by atoms with van der Waals surface area (Å²) >= 11 is 0. The molecule has 5 amide bonds. The third-order valence-corrected chi connectivity index (χ3v) is 9.79. The van der Waals surface area contributed by atoms with Gasteiger partial charge in [-0.05, 0) is 123 Å². The second-order valence-electron chi connectivity index (χ2n) is 17.5. The van der Waals surface area contributed by atoms with Crippen molar-refractivity contribution in [2.45, 2.75) is 104 Å². The lowest BCUT2D eigenvalue weighted by Gasteiger charge is -2.33. The predicted octanol–water partition coefficient (Wildman–Crippen LogP) is 7.05. The number of benzene rings is 2. The number of ether oxygens (including phenoxy) is 5. The second kappa shape index (κ2) is 21.7. The number of unbranched alkanes of at least 4 members (excludes halogenated alkanes) is 1. The van der Waals surface area contributed by atoms with Crippen molar-refractivity contribution in [2.24, 2.45) is 11.8 Å². The number of carbonyl (C=O) groups is 5. The van der Waals surface area contributed by atoms with E-state index in [9.17, 15) is 24.0 Å². The van der Waals surface area contributed by atoms with Crippen LogP contribution in [0.15, 0.2) is 66.5 Å². The zero-order valence-corrected chi connectivity index (χ0v) is 37.2. The van der Waals surface area contributed by atoms with Gasteiger partial charge in [-0.15, -0.1) is 0 Å². The first-order valence-corrected chi connectivity index (χ1v) is 21.0. The summed E-state index contributed by atoms with van der Waals surface area (Å²) in [5.41, 5.74) is -0.421. The molecule has 0 radical (unpaired) electrons. The summed E-state index contributed by atoms with van der Waals surface area (Å²) in [5, 5.41) is 11.7. The number of methoxy groups -OCH3 is 1. The number of hydrogen-bond acceptors (Lipinski definition) is 10. The van der Waals surface area contributed by atoms with Gasteiger partial charge in [0.25, 0.3) is 5.91 Å². The van der Waals surface area contributed by atoms with Crippen LogP contribution in [0.25, 0.3) is 0 Å². The predicted molar refractivity (Wildman–Crippen MR) is 232 cm³/mol. The highest BCUT2D eigenvalue weighted by Gasteiger charge is 2.36. The van der Waals surface area contributed by atoms with Gasteiger partial charge < -0.3 is 49.9 Å². The van der Waals surface area contributed by atoms with Gasteiger partial charge in [0.1, 0.15) is 34.0 Å². The molecule has 2 atom stereocenters. The summed E-state index contributed by atoms with van der Waals surface area (Å²) in [6, 6.07) is 12.4. The Labute approximate surface area is 360 Å². The Balaban J connectivity index is 1.24. The molecule has 0 spiro atoms. The molecule has 0 aromatic heterocycles. The number of amides is 5. The van der Waals surface area contributed by atoms with Crippen LogP contribution in [-0.2, 0) is 23.8 Å². The molecule has 1 saturated heterocycles. The van der Waals surface area contributed by atoms with Crippen molar-refractivity contribution in [1.29, 1.82) is 0 Å². The van der Waals surface area contributed by atoms with Gasteiger partial charge in [0, 0.05) is 32.1 Å². The third-order valence-electron chi connectivity index (χ3n) is 9.79. The molecule has 1 heterocycles. The molecule has 61 heavy (non-hydrogen) atoms. The molecule has 0 bridgehead atoms. The van der Waals surface area contributed by atoms with E-state index >= 15 is 0 Å². The quantitative estimate of drug-likeness (QED) is 0.0951. The normalized spacial score (nSPS) is 18.0. The molecule has 2 aromatic rings. The number of nitrogens with zero attached hydrogens (tertiary/aromatic N) is 1. The molecule has 1 fully saturated rings. The number of likely N-dealkylation sites (tertiary alicyclic amines) is 1. The van der Waals surface area contributed by atoms with Gasteiger partial charge in [-0.3, -0.25) is 14.4 Å². The van der Waals surface area contributed by atoms with Crippen molar-refractivity contribution in [3.05, 3.63) is 77.6 Å². The van der Waals surface area contributed by atoms with Gasteiger partial charge in [0.2, 0.25) is 11.8 Å². The van der Waals surface area contributed by atoms with Crippen LogP contribution in [-0.4, -0.2) is 98.1 Å². The monoisotopic (exact) mass is 847 g/mol. The largest absolute Gasteiger partial charge is 0.499 e. The zero-order valence-electron chi connectivity index (χ0n) is 37.2. The Morgan fingerprint density at radius 3 is 2.15 bits per heavy atom. The molecule has 2 unspecified atom stereocenters. The molecular weight excluding hydrogens is 783 g/mol. The fraction of sp³-hybridized carbons (Fsp3) is 0.543. The lowest BCUT2D eigenvalue weighted by atomic mass is 9.88. The maximum absolute atomic E-state index is 13.6. The van der Waals surface area contributed by atoms with Crippen molar-refractivity contribution in [1.82, 2.24) is 20.9 Å². The lowest BCUT2D eigenvalue weighted by molar-refractivity contribution is -0.126. The van der Waals surface area contributed by atoms with E-state index < -0.39 is 34.7 Å². The lowest BCUT2D eigenvalue weighted by Crippen LogP contribution is -2.48. The summed E-state index contributed by atoms with van der Waals surface area (Å²) < 4.78 is 28.5. The summed E-state index contributed by atoms with van der Waals surface area (Å²) in [6.45, 7) is 17.1. The Hall–Kier alpha value is -5.73. The van der Waals surface area contributed by atoms with Crippen LogP contribution in [0.4, 0.5) is 15.3 Å². The Bertz CT molecular complexity index is 1910. The minimum absolute atomic E-state index is 0.00633. The highest BCUT2D eigenvalue weighted by atomic mass is 16.6. The van der Waals surface area contributed by atoms with Gasteiger partial charge in [0.05, 0.1) is 37.5 Å². The van der Waals surface area contributed by atoms with Crippen LogP contribution in [0, 0.1) is 18.8 Å². The topological polar surface area (TPSA) is 183 Å². The number of anilines is 1. The highest BCUT2D eigenvalue weighted by Crippen LogP contribution is 2.31.